The van der Waals surface area contributed by atoms with Crippen LogP contribution in [0.1, 0.15) is 36.3 Å². The molecule has 0 aliphatic rings. The summed E-state index contributed by atoms with van der Waals surface area (Å²) < 4.78 is 8.85. The van der Waals surface area contributed by atoms with Crippen LogP contribution in [-0.2, 0) is 11.3 Å². The topological polar surface area (TPSA) is 86.3 Å². The van der Waals surface area contributed by atoms with E-state index in [1.165, 1.54) is 0 Å². The van der Waals surface area contributed by atoms with E-state index in [1.54, 1.807) is 16.9 Å². The van der Waals surface area contributed by atoms with E-state index >= 15 is 0 Å². The van der Waals surface area contributed by atoms with E-state index in [0.717, 1.165) is 29.9 Å². The lowest BCUT2D eigenvalue weighted by atomic mass is 10.2. The Balaban J connectivity index is 1.84. The zero-order valence-corrected chi connectivity index (χ0v) is 15.4. The summed E-state index contributed by atoms with van der Waals surface area (Å²) in [4.78, 5) is 16.8. The van der Waals surface area contributed by atoms with Gasteiger partial charge < -0.3 is 10.1 Å². The van der Waals surface area contributed by atoms with Crippen molar-refractivity contribution in [2.45, 2.75) is 33.7 Å². The number of rotatable bonds is 8. The smallest absolute Gasteiger partial charge is 0.256 e. The van der Waals surface area contributed by atoms with E-state index in [4.69, 9.17) is 4.74 Å². The molecule has 26 heavy (non-hydrogen) atoms. The van der Waals surface area contributed by atoms with Gasteiger partial charge in [0, 0.05) is 44.3 Å². The first-order valence-electron chi connectivity index (χ1n) is 8.88. The summed E-state index contributed by atoms with van der Waals surface area (Å²) >= 11 is 0. The quantitative estimate of drug-likeness (QED) is 0.625. The van der Waals surface area contributed by atoms with Gasteiger partial charge in [0.25, 0.3) is 5.91 Å². The summed E-state index contributed by atoms with van der Waals surface area (Å²) in [6.07, 6.45) is 6.01. The molecule has 0 atom stereocenters. The lowest BCUT2D eigenvalue weighted by molar-refractivity contribution is 0.0945. The molecule has 8 heteroatoms. The lowest BCUT2D eigenvalue weighted by Gasteiger charge is -2.05. The fourth-order valence-electron chi connectivity index (χ4n) is 2.80. The highest BCUT2D eigenvalue weighted by molar-refractivity contribution is 5.99. The monoisotopic (exact) mass is 356 g/mol. The number of hydrogen-bond acceptors (Lipinski definition) is 5. The molecule has 0 bridgehead atoms. The fourth-order valence-corrected chi connectivity index (χ4v) is 2.80. The summed E-state index contributed by atoms with van der Waals surface area (Å²) in [5.41, 5.74) is 3.75. The minimum atomic E-state index is -0.179. The van der Waals surface area contributed by atoms with E-state index in [0.29, 0.717) is 31.0 Å². The molecule has 0 fully saturated rings. The van der Waals surface area contributed by atoms with Gasteiger partial charge in [-0.1, -0.05) is 0 Å². The average molecular weight is 356 g/mol. The van der Waals surface area contributed by atoms with Crippen LogP contribution in [0.5, 0.6) is 0 Å². The van der Waals surface area contributed by atoms with Crippen molar-refractivity contribution in [3.8, 4) is 11.3 Å². The number of carbonyl (C=O) groups is 1. The summed E-state index contributed by atoms with van der Waals surface area (Å²) in [5.74, 6) is -0.179. The molecule has 0 saturated heterocycles. The largest absolute Gasteiger partial charge is 0.382 e. The first-order valence-corrected chi connectivity index (χ1v) is 8.88. The van der Waals surface area contributed by atoms with Gasteiger partial charge in [0.2, 0.25) is 0 Å². The van der Waals surface area contributed by atoms with Crippen molar-refractivity contribution in [1.82, 2.24) is 29.7 Å². The molecule has 8 nitrogen and oxygen atoms in total. The van der Waals surface area contributed by atoms with E-state index in [2.05, 4.69) is 20.5 Å². The summed E-state index contributed by atoms with van der Waals surface area (Å²) in [6, 6.07) is 1.88. The number of ether oxygens (including phenoxy) is 1. The van der Waals surface area contributed by atoms with Crippen molar-refractivity contribution < 1.29 is 9.53 Å². The van der Waals surface area contributed by atoms with Crippen molar-refractivity contribution in [2.24, 2.45) is 0 Å². The number of nitrogens with one attached hydrogen (secondary N) is 1. The summed E-state index contributed by atoms with van der Waals surface area (Å²) in [5, 5.41) is 11.8. The Labute approximate surface area is 152 Å². The van der Waals surface area contributed by atoms with Gasteiger partial charge in [0.15, 0.2) is 5.65 Å². The number of carbonyl (C=O) groups excluding carboxylic acids is 1. The number of aryl methyl sites for hydroxylation is 2. The Morgan fingerprint density at radius 1 is 1.35 bits per heavy atom. The summed E-state index contributed by atoms with van der Waals surface area (Å²) in [6.45, 7) is 8.62. The molecule has 0 aliphatic carbocycles. The number of aromatic nitrogens is 5. The maximum absolute atomic E-state index is 12.5. The molecule has 3 heterocycles. The van der Waals surface area contributed by atoms with Crippen LogP contribution in [0, 0.1) is 6.92 Å². The molecule has 0 saturated carbocycles. The van der Waals surface area contributed by atoms with Gasteiger partial charge in [-0.25, -0.2) is 9.50 Å². The molecule has 0 aliphatic heterocycles. The number of amides is 1. The van der Waals surface area contributed by atoms with Crippen LogP contribution in [0.15, 0.2) is 24.7 Å². The first-order chi connectivity index (χ1) is 12.7. The molecule has 138 valence electrons. The van der Waals surface area contributed by atoms with Gasteiger partial charge in [-0.05, 0) is 33.3 Å². The van der Waals surface area contributed by atoms with Gasteiger partial charge in [0.1, 0.15) is 5.56 Å². The Hall–Kier alpha value is -2.74. The Morgan fingerprint density at radius 2 is 2.19 bits per heavy atom. The van der Waals surface area contributed by atoms with Crippen molar-refractivity contribution in [3.05, 3.63) is 35.9 Å². The highest BCUT2D eigenvalue weighted by Crippen LogP contribution is 2.23. The van der Waals surface area contributed by atoms with Crippen LogP contribution in [0.25, 0.3) is 16.9 Å². The second-order valence-electron chi connectivity index (χ2n) is 5.91. The van der Waals surface area contributed by atoms with Crippen molar-refractivity contribution >= 4 is 11.6 Å². The van der Waals surface area contributed by atoms with Crippen LogP contribution in [-0.4, -0.2) is 50.0 Å². The standard InChI is InChI=1S/C18H24N6O2/c1-4-23-12-15(13(3)22-23)16-7-9-19-17-14(11-21-24(16)17)18(25)20-8-6-10-26-5-2/h7,9,11-12H,4-6,8,10H2,1-3H3,(H,20,25). The van der Waals surface area contributed by atoms with Crippen molar-refractivity contribution in [2.75, 3.05) is 19.8 Å². The molecule has 0 unspecified atom stereocenters. The van der Waals surface area contributed by atoms with E-state index in [1.807, 2.05) is 37.7 Å². The molecule has 3 rings (SSSR count). The van der Waals surface area contributed by atoms with Gasteiger partial charge in [-0.2, -0.15) is 10.2 Å². The van der Waals surface area contributed by atoms with Crippen LogP contribution < -0.4 is 5.32 Å². The van der Waals surface area contributed by atoms with Gasteiger partial charge >= 0.3 is 0 Å². The van der Waals surface area contributed by atoms with Gasteiger partial charge in [-0.3, -0.25) is 9.48 Å². The molecule has 1 amide bonds. The average Bonchev–Trinajstić information content (AvgIpc) is 3.24. The molecule has 1 N–H and O–H groups in total. The van der Waals surface area contributed by atoms with E-state index in [9.17, 15) is 4.79 Å². The Kier molecular flexibility index (Phi) is 5.62. The molecule has 0 radical (unpaired) electrons. The lowest BCUT2D eigenvalue weighted by Crippen LogP contribution is -2.25. The first kappa shape index (κ1) is 18.1. The third-order valence-electron chi connectivity index (χ3n) is 4.15. The predicted octanol–water partition coefficient (Wildman–Crippen LogP) is 2.08. The molecule has 3 aromatic rings. The SMILES string of the molecule is CCOCCCNC(=O)c1cnn2c(-c3cn(CC)nc3C)ccnc12. The maximum Gasteiger partial charge on any atom is 0.256 e. The van der Waals surface area contributed by atoms with Gasteiger partial charge in [-0.15, -0.1) is 0 Å². The molecule has 0 spiro atoms. The predicted molar refractivity (Wildman–Crippen MR) is 98.1 cm³/mol. The molecule has 3 aromatic heterocycles. The second-order valence-corrected chi connectivity index (χ2v) is 5.91. The zero-order chi connectivity index (χ0) is 18.5. The van der Waals surface area contributed by atoms with Crippen LogP contribution >= 0.6 is 0 Å². The third kappa shape index (κ3) is 3.60. The van der Waals surface area contributed by atoms with Crippen molar-refractivity contribution in [1.29, 1.82) is 0 Å². The normalized spacial score (nSPS) is 11.2. The number of nitrogens with zero attached hydrogens (tertiary/aromatic N) is 5. The zero-order valence-electron chi connectivity index (χ0n) is 15.4. The molecular weight excluding hydrogens is 332 g/mol. The third-order valence-corrected chi connectivity index (χ3v) is 4.15. The van der Waals surface area contributed by atoms with E-state index in [-0.39, 0.29) is 5.91 Å². The minimum absolute atomic E-state index is 0.179. The number of hydrogen-bond donors (Lipinski definition) is 1. The molecule has 0 aromatic carbocycles. The Morgan fingerprint density at radius 3 is 2.92 bits per heavy atom. The van der Waals surface area contributed by atoms with Gasteiger partial charge in [0.05, 0.1) is 17.6 Å². The Bertz CT molecular complexity index is 898. The highest BCUT2D eigenvalue weighted by atomic mass is 16.5. The van der Waals surface area contributed by atoms with Crippen LogP contribution in [0.2, 0.25) is 0 Å². The van der Waals surface area contributed by atoms with Crippen LogP contribution in [0.3, 0.4) is 0 Å². The fraction of sp³-hybridized carbons (Fsp3) is 0.444. The van der Waals surface area contributed by atoms with Crippen molar-refractivity contribution in [3.63, 3.8) is 0 Å². The van der Waals surface area contributed by atoms with Crippen LogP contribution in [0.4, 0.5) is 0 Å². The van der Waals surface area contributed by atoms with E-state index < -0.39 is 0 Å². The highest BCUT2D eigenvalue weighted by Gasteiger charge is 2.17. The number of fused-ring (bicyclic) bond motifs is 1. The maximum atomic E-state index is 12.5. The minimum Gasteiger partial charge on any atom is -0.382 e. The summed E-state index contributed by atoms with van der Waals surface area (Å²) in [7, 11) is 0. The molecular formula is C18H24N6O2. The second kappa shape index (κ2) is 8.09.